The van der Waals surface area contributed by atoms with Crippen LogP contribution in [0.3, 0.4) is 0 Å². The number of β-amino-alcohol motifs (C(OH)–C–C–N with tert-alkyl or cyclic N) is 2. The van der Waals surface area contributed by atoms with E-state index in [9.17, 15) is 10.2 Å². The molecule has 0 unspecified atom stereocenters. The highest BCUT2D eigenvalue weighted by molar-refractivity contribution is 5.88. The number of hydrogen-bond donors (Lipinski definition) is 2. The number of fused-ring (bicyclic) bond motifs is 1. The van der Waals surface area contributed by atoms with Crippen molar-refractivity contribution in [1.82, 2.24) is 19.7 Å². The largest absolute Gasteiger partial charge is 0.389 e. The molecule has 0 bridgehead atoms. The third-order valence-electron chi connectivity index (χ3n) is 4.34. The number of rotatable bonds is 2. The minimum atomic E-state index is -0.309. The molecule has 2 aromatic rings. The fraction of sp³-hybridized carbons (Fsp3) is 0.667. The van der Waals surface area contributed by atoms with Crippen LogP contribution in [0.5, 0.6) is 0 Å². The van der Waals surface area contributed by atoms with E-state index in [0.29, 0.717) is 32.1 Å². The average molecular weight is 318 g/mol. The maximum atomic E-state index is 9.61. The summed E-state index contributed by atoms with van der Waals surface area (Å²) in [6, 6.07) is 0. The second kappa shape index (κ2) is 4.78. The van der Waals surface area contributed by atoms with Crippen LogP contribution in [0.4, 0.5) is 11.8 Å². The van der Waals surface area contributed by atoms with Gasteiger partial charge in [0.25, 0.3) is 0 Å². The fourth-order valence-corrected chi connectivity index (χ4v) is 3.00. The topological polar surface area (TPSA) is 90.5 Å². The number of anilines is 2. The molecule has 4 heterocycles. The van der Waals surface area contributed by atoms with Crippen molar-refractivity contribution in [2.75, 3.05) is 36.0 Å². The Morgan fingerprint density at radius 1 is 1.00 bits per heavy atom. The lowest BCUT2D eigenvalue weighted by atomic mass is 10.1. The Morgan fingerprint density at radius 2 is 1.61 bits per heavy atom. The number of aromatic nitrogens is 4. The van der Waals surface area contributed by atoms with Gasteiger partial charge < -0.3 is 20.0 Å². The van der Waals surface area contributed by atoms with E-state index in [1.807, 2.05) is 14.5 Å². The van der Waals surface area contributed by atoms with Crippen molar-refractivity contribution >= 4 is 22.8 Å². The summed E-state index contributed by atoms with van der Waals surface area (Å²) in [6.07, 6.45) is 1.19. The molecule has 2 N–H and O–H groups in total. The Hall–Kier alpha value is -1.93. The van der Waals surface area contributed by atoms with Gasteiger partial charge in [0, 0.05) is 26.2 Å². The molecule has 0 aliphatic carbocycles. The SMILES string of the molecule is CC(C)(C)n1ncc2c(N3CC(O)C3)nc(N3CC(O)C3)nc21. The first-order chi connectivity index (χ1) is 10.8. The van der Waals surface area contributed by atoms with Crippen LogP contribution in [-0.4, -0.2) is 68.3 Å². The molecule has 8 nitrogen and oxygen atoms in total. The maximum Gasteiger partial charge on any atom is 0.229 e. The molecular formula is C15H22N6O2. The molecule has 0 amide bonds. The van der Waals surface area contributed by atoms with Gasteiger partial charge in [-0.3, -0.25) is 0 Å². The summed E-state index contributed by atoms with van der Waals surface area (Å²) in [7, 11) is 0. The summed E-state index contributed by atoms with van der Waals surface area (Å²) in [5, 5.41) is 24.6. The Morgan fingerprint density at radius 3 is 2.17 bits per heavy atom. The van der Waals surface area contributed by atoms with E-state index in [0.717, 1.165) is 16.9 Å². The van der Waals surface area contributed by atoms with E-state index in [1.165, 1.54) is 0 Å². The Kier molecular flexibility index (Phi) is 3.05. The van der Waals surface area contributed by atoms with Crippen molar-refractivity contribution in [3.05, 3.63) is 6.20 Å². The van der Waals surface area contributed by atoms with Crippen LogP contribution in [-0.2, 0) is 5.54 Å². The van der Waals surface area contributed by atoms with Crippen molar-refractivity contribution in [3.63, 3.8) is 0 Å². The predicted octanol–water partition coefficient (Wildman–Crippen LogP) is -0.0569. The summed E-state index contributed by atoms with van der Waals surface area (Å²) in [4.78, 5) is 13.4. The van der Waals surface area contributed by atoms with Crippen LogP contribution in [0.15, 0.2) is 6.20 Å². The number of aliphatic hydroxyl groups excluding tert-OH is 2. The smallest absolute Gasteiger partial charge is 0.229 e. The van der Waals surface area contributed by atoms with Crippen molar-refractivity contribution < 1.29 is 10.2 Å². The quantitative estimate of drug-likeness (QED) is 0.802. The lowest BCUT2D eigenvalue weighted by Gasteiger charge is -2.39. The van der Waals surface area contributed by atoms with E-state index < -0.39 is 0 Å². The lowest BCUT2D eigenvalue weighted by Crippen LogP contribution is -2.53. The molecule has 0 saturated carbocycles. The van der Waals surface area contributed by atoms with E-state index in [2.05, 4.69) is 30.9 Å². The highest BCUT2D eigenvalue weighted by Crippen LogP contribution is 2.32. The standard InChI is InChI=1S/C15H22N6O2/c1-15(2,3)21-13-11(4-16-21)12(19-5-9(22)6-19)17-14(18-13)20-7-10(23)8-20/h4,9-10,22-23H,5-8H2,1-3H3. The summed E-state index contributed by atoms with van der Waals surface area (Å²) in [5.41, 5.74) is 0.605. The molecule has 4 rings (SSSR count). The summed E-state index contributed by atoms with van der Waals surface area (Å²) >= 11 is 0. The average Bonchev–Trinajstić information content (AvgIpc) is 2.83. The van der Waals surface area contributed by atoms with Gasteiger partial charge in [-0.25, -0.2) is 4.68 Å². The second-order valence-electron chi connectivity index (χ2n) is 7.43. The van der Waals surface area contributed by atoms with Gasteiger partial charge in [0.2, 0.25) is 5.95 Å². The molecule has 2 aliphatic heterocycles. The minimum Gasteiger partial charge on any atom is -0.389 e. The predicted molar refractivity (Wildman–Crippen MR) is 86.8 cm³/mol. The lowest BCUT2D eigenvalue weighted by molar-refractivity contribution is 0.139. The van der Waals surface area contributed by atoms with Gasteiger partial charge in [0.05, 0.1) is 29.3 Å². The first-order valence-electron chi connectivity index (χ1n) is 7.95. The van der Waals surface area contributed by atoms with Gasteiger partial charge in [0.15, 0.2) is 5.65 Å². The van der Waals surface area contributed by atoms with Gasteiger partial charge in [-0.1, -0.05) is 0 Å². The molecule has 0 radical (unpaired) electrons. The first-order valence-corrected chi connectivity index (χ1v) is 7.95. The number of hydrogen-bond acceptors (Lipinski definition) is 7. The van der Waals surface area contributed by atoms with Crippen LogP contribution >= 0.6 is 0 Å². The monoisotopic (exact) mass is 318 g/mol. The summed E-state index contributed by atoms with van der Waals surface area (Å²) in [5.74, 6) is 1.43. The van der Waals surface area contributed by atoms with Crippen LogP contribution < -0.4 is 9.80 Å². The summed E-state index contributed by atoms with van der Waals surface area (Å²) in [6.45, 7) is 8.52. The highest BCUT2D eigenvalue weighted by atomic mass is 16.3. The number of nitrogens with zero attached hydrogens (tertiary/aromatic N) is 6. The van der Waals surface area contributed by atoms with Gasteiger partial charge in [-0.15, -0.1) is 0 Å². The fourth-order valence-electron chi connectivity index (χ4n) is 3.00. The Balaban J connectivity index is 1.84. The zero-order valence-corrected chi connectivity index (χ0v) is 13.6. The third-order valence-corrected chi connectivity index (χ3v) is 4.34. The molecule has 2 saturated heterocycles. The van der Waals surface area contributed by atoms with E-state index in [1.54, 1.807) is 6.20 Å². The van der Waals surface area contributed by atoms with Crippen molar-refractivity contribution in [1.29, 1.82) is 0 Å². The second-order valence-corrected chi connectivity index (χ2v) is 7.43. The van der Waals surface area contributed by atoms with Crippen LogP contribution in [0.2, 0.25) is 0 Å². The van der Waals surface area contributed by atoms with Gasteiger partial charge in [-0.05, 0) is 20.8 Å². The number of aliphatic hydroxyl groups is 2. The molecular weight excluding hydrogens is 296 g/mol. The van der Waals surface area contributed by atoms with Crippen molar-refractivity contribution in [2.24, 2.45) is 0 Å². The molecule has 0 aromatic carbocycles. The van der Waals surface area contributed by atoms with Crippen molar-refractivity contribution in [3.8, 4) is 0 Å². The minimum absolute atomic E-state index is 0.187. The van der Waals surface area contributed by atoms with E-state index in [-0.39, 0.29) is 17.7 Å². The van der Waals surface area contributed by atoms with E-state index >= 15 is 0 Å². The van der Waals surface area contributed by atoms with Crippen molar-refractivity contribution in [2.45, 2.75) is 38.5 Å². The molecule has 0 spiro atoms. The van der Waals surface area contributed by atoms with Gasteiger partial charge in [0.1, 0.15) is 5.82 Å². The molecule has 2 aromatic heterocycles. The van der Waals surface area contributed by atoms with Gasteiger partial charge in [-0.2, -0.15) is 15.1 Å². The van der Waals surface area contributed by atoms with E-state index in [4.69, 9.17) is 4.98 Å². The summed E-state index contributed by atoms with van der Waals surface area (Å²) < 4.78 is 1.91. The van der Waals surface area contributed by atoms with Crippen LogP contribution in [0.25, 0.3) is 11.0 Å². The molecule has 2 fully saturated rings. The molecule has 0 atom stereocenters. The third kappa shape index (κ3) is 2.33. The maximum absolute atomic E-state index is 9.61. The van der Waals surface area contributed by atoms with Crippen LogP contribution in [0.1, 0.15) is 20.8 Å². The molecule has 23 heavy (non-hydrogen) atoms. The zero-order valence-electron chi connectivity index (χ0n) is 13.6. The van der Waals surface area contributed by atoms with Gasteiger partial charge >= 0.3 is 0 Å². The molecule has 124 valence electrons. The Labute approximate surface area is 134 Å². The molecule has 8 heteroatoms. The Bertz CT molecular complexity index is 740. The highest BCUT2D eigenvalue weighted by Gasteiger charge is 2.33. The van der Waals surface area contributed by atoms with Crippen LogP contribution in [0, 0.1) is 0 Å². The first kappa shape index (κ1) is 14.6. The normalized spacial score (nSPS) is 20.0. The zero-order chi connectivity index (χ0) is 16.4. The molecule has 2 aliphatic rings.